The minimum Gasteiger partial charge on any atom is -0.366 e. The Bertz CT molecular complexity index is 520. The van der Waals surface area contributed by atoms with Crippen molar-refractivity contribution in [3.63, 3.8) is 0 Å². The Balaban J connectivity index is 1.81. The van der Waals surface area contributed by atoms with Gasteiger partial charge in [0.05, 0.1) is 0 Å². The van der Waals surface area contributed by atoms with Crippen molar-refractivity contribution < 1.29 is 13.2 Å². The van der Waals surface area contributed by atoms with Crippen LogP contribution in [-0.2, 0) is 6.18 Å². The molecule has 0 radical (unpaired) electrons. The molecule has 3 heterocycles. The highest BCUT2D eigenvalue weighted by Crippen LogP contribution is 2.32. The Labute approximate surface area is 119 Å². The molecule has 0 saturated carbocycles. The summed E-state index contributed by atoms with van der Waals surface area (Å²) in [6.07, 6.45) is -1.49. The van der Waals surface area contributed by atoms with E-state index in [9.17, 15) is 13.2 Å². The number of fused-ring (bicyclic) bond motifs is 1. The molecule has 6 nitrogen and oxygen atoms in total. The Morgan fingerprint density at radius 2 is 1.95 bits per heavy atom. The van der Waals surface area contributed by atoms with E-state index in [2.05, 4.69) is 25.6 Å². The summed E-state index contributed by atoms with van der Waals surface area (Å²) in [5.41, 5.74) is 2.15. The topological polar surface area (TPSA) is 79.1 Å². The molecule has 1 aromatic rings. The fourth-order valence-electron chi connectivity index (χ4n) is 3.16. The second-order valence-electron chi connectivity index (χ2n) is 5.39. The van der Waals surface area contributed by atoms with Gasteiger partial charge in [-0.3, -0.25) is 4.90 Å². The van der Waals surface area contributed by atoms with Crippen molar-refractivity contribution in [3.8, 4) is 0 Å². The van der Waals surface area contributed by atoms with E-state index in [0.717, 1.165) is 32.4 Å². The number of halogens is 3. The van der Waals surface area contributed by atoms with Gasteiger partial charge in [0.25, 0.3) is 0 Å². The molecule has 9 heteroatoms. The second kappa shape index (κ2) is 5.30. The smallest absolute Gasteiger partial charge is 0.366 e. The predicted molar refractivity (Wildman–Crippen MR) is 71.5 cm³/mol. The number of nitrogens with one attached hydrogen (secondary N) is 2. The maximum atomic E-state index is 12.8. The number of nitrogens with zero attached hydrogens (tertiary/aromatic N) is 3. The van der Waals surface area contributed by atoms with Gasteiger partial charge in [0.1, 0.15) is 11.6 Å². The lowest BCUT2D eigenvalue weighted by atomic mass is 10.1. The third-order valence-corrected chi connectivity index (χ3v) is 4.07. The summed E-state index contributed by atoms with van der Waals surface area (Å²) in [5.74, 6) is 4.09. The summed E-state index contributed by atoms with van der Waals surface area (Å²) in [6.45, 7) is 2.04. The van der Waals surface area contributed by atoms with E-state index in [1.54, 1.807) is 0 Å². The maximum Gasteiger partial charge on any atom is 0.451 e. The average molecular weight is 302 g/mol. The summed E-state index contributed by atoms with van der Waals surface area (Å²) in [4.78, 5) is 9.28. The van der Waals surface area contributed by atoms with E-state index in [1.165, 1.54) is 6.07 Å². The third-order valence-electron chi connectivity index (χ3n) is 4.07. The third kappa shape index (κ3) is 2.88. The number of aromatic nitrogens is 2. The van der Waals surface area contributed by atoms with Gasteiger partial charge in [0.15, 0.2) is 0 Å². The molecule has 2 fully saturated rings. The Hall–Kier alpha value is -1.61. The minimum absolute atomic E-state index is 0.0545. The molecule has 0 aliphatic carbocycles. The Morgan fingerprint density at radius 1 is 1.19 bits per heavy atom. The summed E-state index contributed by atoms with van der Waals surface area (Å²) in [7, 11) is 0. The van der Waals surface area contributed by atoms with Crippen LogP contribution in [0.15, 0.2) is 6.07 Å². The van der Waals surface area contributed by atoms with Gasteiger partial charge in [-0.2, -0.15) is 13.2 Å². The van der Waals surface area contributed by atoms with E-state index < -0.39 is 12.0 Å². The Morgan fingerprint density at radius 3 is 2.67 bits per heavy atom. The zero-order valence-electron chi connectivity index (χ0n) is 11.3. The summed E-state index contributed by atoms with van der Waals surface area (Å²) >= 11 is 0. The van der Waals surface area contributed by atoms with Gasteiger partial charge in [0.2, 0.25) is 5.82 Å². The molecule has 0 amide bonds. The lowest BCUT2D eigenvalue weighted by molar-refractivity contribution is -0.144. The van der Waals surface area contributed by atoms with E-state index >= 15 is 0 Å². The molecular weight excluding hydrogens is 285 g/mol. The first kappa shape index (κ1) is 14.3. The normalized spacial score (nSPS) is 25.9. The van der Waals surface area contributed by atoms with Gasteiger partial charge in [0, 0.05) is 24.7 Å². The van der Waals surface area contributed by atoms with Crippen molar-refractivity contribution in [1.29, 1.82) is 0 Å². The highest BCUT2D eigenvalue weighted by atomic mass is 19.4. The van der Waals surface area contributed by atoms with Crippen LogP contribution >= 0.6 is 0 Å². The van der Waals surface area contributed by atoms with Crippen molar-refractivity contribution in [2.75, 3.05) is 23.8 Å². The molecule has 2 aliphatic heterocycles. The molecule has 2 aliphatic rings. The van der Waals surface area contributed by atoms with Crippen LogP contribution < -0.4 is 16.6 Å². The molecule has 0 aromatic carbocycles. The first-order valence-corrected chi connectivity index (χ1v) is 6.91. The molecule has 0 spiro atoms. The molecule has 2 atom stereocenters. The fraction of sp³-hybridized carbons (Fsp3) is 0.667. The van der Waals surface area contributed by atoms with E-state index in [-0.39, 0.29) is 17.7 Å². The molecule has 0 bridgehead atoms. The summed E-state index contributed by atoms with van der Waals surface area (Å²) in [6, 6.07) is 1.89. The molecule has 21 heavy (non-hydrogen) atoms. The highest BCUT2D eigenvalue weighted by Gasteiger charge is 2.38. The van der Waals surface area contributed by atoms with E-state index in [0.29, 0.717) is 6.04 Å². The van der Waals surface area contributed by atoms with E-state index in [1.807, 2.05) is 0 Å². The summed E-state index contributed by atoms with van der Waals surface area (Å²) in [5, 5.41) is 3.11. The zero-order chi connectivity index (χ0) is 15.0. The predicted octanol–water partition coefficient (Wildman–Crippen LogP) is 1.43. The van der Waals surface area contributed by atoms with Gasteiger partial charge < -0.3 is 10.7 Å². The van der Waals surface area contributed by atoms with Crippen molar-refractivity contribution in [2.45, 2.75) is 37.5 Å². The van der Waals surface area contributed by atoms with Gasteiger partial charge in [-0.25, -0.2) is 15.8 Å². The number of hydrogen-bond acceptors (Lipinski definition) is 6. The minimum atomic E-state index is -4.60. The quantitative estimate of drug-likeness (QED) is 0.579. The van der Waals surface area contributed by atoms with Crippen LogP contribution in [0.1, 0.15) is 25.1 Å². The molecule has 2 unspecified atom stereocenters. The zero-order valence-corrected chi connectivity index (χ0v) is 11.3. The van der Waals surface area contributed by atoms with Gasteiger partial charge in [-0.1, -0.05) is 0 Å². The van der Waals surface area contributed by atoms with Crippen LogP contribution in [0, 0.1) is 0 Å². The number of hydrogen-bond donors (Lipinski definition) is 3. The van der Waals surface area contributed by atoms with Crippen molar-refractivity contribution in [3.05, 3.63) is 11.9 Å². The molecule has 116 valence electrons. The number of nitrogen functional groups attached to an aromatic ring is 1. The number of rotatable bonds is 3. The molecule has 1 aromatic heterocycles. The first-order chi connectivity index (χ1) is 9.97. The average Bonchev–Trinajstić information content (AvgIpc) is 3.02. The number of alkyl halides is 3. The number of anilines is 2. The van der Waals surface area contributed by atoms with Crippen LogP contribution in [0.2, 0.25) is 0 Å². The lowest BCUT2D eigenvalue weighted by Gasteiger charge is -2.22. The number of nitrogens with two attached hydrogens (primary N) is 1. The molecule has 4 N–H and O–H groups in total. The molecule has 2 saturated heterocycles. The largest absolute Gasteiger partial charge is 0.451 e. The Kier molecular flexibility index (Phi) is 3.62. The molecule has 3 rings (SSSR count). The van der Waals surface area contributed by atoms with Crippen LogP contribution in [0.4, 0.5) is 24.8 Å². The monoisotopic (exact) mass is 302 g/mol. The first-order valence-electron chi connectivity index (χ1n) is 6.91. The van der Waals surface area contributed by atoms with Gasteiger partial charge in [-0.15, -0.1) is 0 Å². The van der Waals surface area contributed by atoms with Crippen LogP contribution in [0.3, 0.4) is 0 Å². The fourth-order valence-corrected chi connectivity index (χ4v) is 3.16. The van der Waals surface area contributed by atoms with E-state index in [4.69, 9.17) is 5.84 Å². The van der Waals surface area contributed by atoms with Crippen molar-refractivity contribution >= 4 is 11.6 Å². The lowest BCUT2D eigenvalue weighted by Crippen LogP contribution is -2.34. The standard InChI is InChI=1S/C12H17F3N6/c13-12(14,15)11-18-9(6-10(19-11)20-16)17-7-3-5-21-4-1-2-8(7)21/h6-8H,1-5,16H2,(H2,17,18,19,20). The molecular formula is C12H17F3N6. The number of hydrazine groups is 1. The van der Waals surface area contributed by atoms with Crippen LogP contribution in [-0.4, -0.2) is 40.0 Å². The maximum absolute atomic E-state index is 12.8. The van der Waals surface area contributed by atoms with Gasteiger partial charge in [-0.05, 0) is 25.8 Å². The SMILES string of the molecule is NNc1cc(NC2CCN3CCCC23)nc(C(F)(F)F)n1. The van der Waals surface area contributed by atoms with Crippen LogP contribution in [0.5, 0.6) is 0 Å². The highest BCUT2D eigenvalue weighted by molar-refractivity contribution is 5.48. The van der Waals surface area contributed by atoms with Gasteiger partial charge >= 0.3 is 6.18 Å². The van der Waals surface area contributed by atoms with Crippen molar-refractivity contribution in [1.82, 2.24) is 14.9 Å². The van der Waals surface area contributed by atoms with Crippen LogP contribution in [0.25, 0.3) is 0 Å². The summed E-state index contributed by atoms with van der Waals surface area (Å²) < 4.78 is 38.3. The van der Waals surface area contributed by atoms with Crippen molar-refractivity contribution in [2.24, 2.45) is 5.84 Å². The second-order valence-corrected chi connectivity index (χ2v) is 5.39.